The zero-order chi connectivity index (χ0) is 16.9. The molecule has 3 rings (SSSR count). The Morgan fingerprint density at radius 3 is 3.08 bits per heavy atom. The highest BCUT2D eigenvalue weighted by Gasteiger charge is 2.29. The molecular weight excluding hydrogens is 326 g/mol. The lowest BCUT2D eigenvalue weighted by molar-refractivity contribution is -0.120. The zero-order valence-corrected chi connectivity index (χ0v) is 14.6. The van der Waals surface area contributed by atoms with Gasteiger partial charge in [0.05, 0.1) is 17.8 Å². The van der Waals surface area contributed by atoms with Crippen molar-refractivity contribution >= 4 is 17.7 Å². The fraction of sp³-hybridized carbons (Fsp3) is 0.500. The summed E-state index contributed by atoms with van der Waals surface area (Å²) in [5, 5.41) is 15.0. The maximum Gasteiger partial charge on any atom is 0.233 e. The summed E-state index contributed by atoms with van der Waals surface area (Å²) in [5.74, 6) is 0.772. The minimum absolute atomic E-state index is 0.0433. The summed E-state index contributed by atoms with van der Waals surface area (Å²) in [4.78, 5) is 12.2. The lowest BCUT2D eigenvalue weighted by Crippen LogP contribution is -2.34. The Labute approximate surface area is 145 Å². The molecular formula is C16H21N5O2S. The molecule has 1 aromatic heterocycles. The Morgan fingerprint density at radius 1 is 1.50 bits per heavy atom. The number of carbonyl (C=O) groups is 1. The van der Waals surface area contributed by atoms with Crippen LogP contribution in [-0.4, -0.2) is 44.5 Å². The number of hydrogen-bond donors (Lipinski definition) is 1. The Bertz CT molecular complexity index is 701. The van der Waals surface area contributed by atoms with Crippen LogP contribution in [-0.2, 0) is 4.79 Å². The summed E-state index contributed by atoms with van der Waals surface area (Å²) in [6.07, 6.45) is 2.21. The Balaban J connectivity index is 1.40. The first-order valence-corrected chi connectivity index (χ1v) is 8.93. The first kappa shape index (κ1) is 16.8. The van der Waals surface area contributed by atoms with E-state index < -0.39 is 0 Å². The molecule has 1 unspecified atom stereocenters. The second-order valence-corrected chi connectivity index (χ2v) is 7.16. The number of nitrogens with one attached hydrogen (secondary N) is 1. The van der Waals surface area contributed by atoms with Crippen molar-refractivity contribution in [3.05, 3.63) is 29.8 Å². The van der Waals surface area contributed by atoms with Crippen LogP contribution in [0.3, 0.4) is 0 Å². The minimum atomic E-state index is -0.257. The fourth-order valence-electron chi connectivity index (χ4n) is 2.21. The van der Waals surface area contributed by atoms with E-state index in [9.17, 15) is 4.79 Å². The van der Waals surface area contributed by atoms with Crippen LogP contribution in [0.25, 0.3) is 0 Å². The molecule has 0 bridgehead atoms. The van der Waals surface area contributed by atoms with E-state index in [1.807, 2.05) is 42.8 Å². The van der Waals surface area contributed by atoms with Crippen LogP contribution >= 0.6 is 11.8 Å². The summed E-state index contributed by atoms with van der Waals surface area (Å²) in [6.45, 7) is 4.77. The molecule has 8 heteroatoms. The number of tetrazole rings is 1. The third kappa shape index (κ3) is 4.47. The molecule has 1 atom stereocenters. The highest BCUT2D eigenvalue weighted by molar-refractivity contribution is 8.00. The first-order chi connectivity index (χ1) is 11.6. The predicted octanol–water partition coefficient (Wildman–Crippen LogP) is 1.99. The Morgan fingerprint density at radius 2 is 2.33 bits per heavy atom. The molecule has 0 aliphatic heterocycles. The van der Waals surface area contributed by atoms with E-state index in [0.717, 1.165) is 24.2 Å². The number of aryl methyl sites for hydroxylation is 1. The molecule has 1 fully saturated rings. The van der Waals surface area contributed by atoms with Crippen LogP contribution in [0.5, 0.6) is 5.75 Å². The molecule has 1 N–H and O–H groups in total. The average molecular weight is 347 g/mol. The van der Waals surface area contributed by atoms with E-state index in [1.165, 1.54) is 11.8 Å². The lowest BCUT2D eigenvalue weighted by Gasteiger charge is -2.12. The van der Waals surface area contributed by atoms with Gasteiger partial charge in [-0.1, -0.05) is 23.9 Å². The van der Waals surface area contributed by atoms with E-state index in [-0.39, 0.29) is 11.2 Å². The second-order valence-electron chi connectivity index (χ2n) is 5.85. The molecule has 1 heterocycles. The third-order valence-corrected chi connectivity index (χ3v) is 4.71. The SMILES string of the molecule is Cc1cccc(OCCNC(=O)C(C)Sc2nnnn2C2CC2)c1. The predicted molar refractivity (Wildman–Crippen MR) is 91.1 cm³/mol. The highest BCUT2D eigenvalue weighted by Crippen LogP contribution is 2.37. The summed E-state index contributed by atoms with van der Waals surface area (Å²) >= 11 is 1.38. The molecule has 1 aliphatic carbocycles. The van der Waals surface area contributed by atoms with Gasteiger partial charge in [0.2, 0.25) is 11.1 Å². The number of ether oxygens (including phenoxy) is 1. The molecule has 1 aliphatic rings. The third-order valence-electron chi connectivity index (χ3n) is 3.67. The van der Waals surface area contributed by atoms with E-state index >= 15 is 0 Å². The van der Waals surface area contributed by atoms with Crippen LogP contribution < -0.4 is 10.1 Å². The van der Waals surface area contributed by atoms with Gasteiger partial charge in [0, 0.05) is 0 Å². The normalized spacial score (nSPS) is 15.1. The van der Waals surface area contributed by atoms with Gasteiger partial charge >= 0.3 is 0 Å². The summed E-state index contributed by atoms with van der Waals surface area (Å²) < 4.78 is 7.44. The smallest absolute Gasteiger partial charge is 0.233 e. The molecule has 7 nitrogen and oxygen atoms in total. The molecule has 0 saturated heterocycles. The average Bonchev–Trinajstić information content (AvgIpc) is 3.31. The number of carbonyl (C=O) groups excluding carboxylic acids is 1. The number of amides is 1. The van der Waals surface area contributed by atoms with Crippen LogP contribution in [0, 0.1) is 6.92 Å². The second kappa shape index (κ2) is 7.65. The van der Waals surface area contributed by atoms with Gasteiger partial charge in [-0.25, -0.2) is 4.68 Å². The van der Waals surface area contributed by atoms with Crippen molar-refractivity contribution in [2.75, 3.05) is 13.2 Å². The Hall–Kier alpha value is -2.09. The zero-order valence-electron chi connectivity index (χ0n) is 13.8. The monoisotopic (exact) mass is 347 g/mol. The van der Waals surface area contributed by atoms with Crippen molar-refractivity contribution < 1.29 is 9.53 Å². The quantitative estimate of drug-likeness (QED) is 0.581. The topological polar surface area (TPSA) is 81.9 Å². The van der Waals surface area contributed by atoms with Gasteiger partial charge in [-0.2, -0.15) is 0 Å². The van der Waals surface area contributed by atoms with E-state index in [1.54, 1.807) is 0 Å². The number of hydrogen-bond acceptors (Lipinski definition) is 6. The number of thioether (sulfide) groups is 1. The molecule has 24 heavy (non-hydrogen) atoms. The first-order valence-electron chi connectivity index (χ1n) is 8.05. The molecule has 2 aromatic rings. The van der Waals surface area contributed by atoms with Gasteiger partial charge in [0.25, 0.3) is 0 Å². The largest absolute Gasteiger partial charge is 0.492 e. The van der Waals surface area contributed by atoms with Gasteiger partial charge in [-0.15, -0.1) is 5.10 Å². The molecule has 0 spiro atoms. The van der Waals surface area contributed by atoms with Crippen LogP contribution in [0.4, 0.5) is 0 Å². The molecule has 1 saturated carbocycles. The van der Waals surface area contributed by atoms with Gasteiger partial charge in [-0.3, -0.25) is 4.79 Å². The van der Waals surface area contributed by atoms with Crippen molar-refractivity contribution in [2.45, 2.75) is 43.1 Å². The summed E-state index contributed by atoms with van der Waals surface area (Å²) in [5.41, 5.74) is 1.15. The lowest BCUT2D eigenvalue weighted by atomic mass is 10.2. The van der Waals surface area contributed by atoms with Crippen LogP contribution in [0.15, 0.2) is 29.4 Å². The van der Waals surface area contributed by atoms with E-state index in [2.05, 4.69) is 20.8 Å². The number of benzene rings is 1. The van der Waals surface area contributed by atoms with Gasteiger partial charge in [-0.05, 0) is 54.8 Å². The fourth-order valence-corrected chi connectivity index (χ4v) is 3.10. The van der Waals surface area contributed by atoms with Crippen LogP contribution in [0.1, 0.15) is 31.4 Å². The molecule has 128 valence electrons. The van der Waals surface area contributed by atoms with Gasteiger partial charge in [0.1, 0.15) is 12.4 Å². The van der Waals surface area contributed by atoms with Crippen molar-refractivity contribution in [1.82, 2.24) is 25.5 Å². The maximum atomic E-state index is 12.2. The van der Waals surface area contributed by atoms with Crippen molar-refractivity contribution in [1.29, 1.82) is 0 Å². The number of aromatic nitrogens is 4. The molecule has 0 radical (unpaired) electrons. The van der Waals surface area contributed by atoms with Crippen molar-refractivity contribution in [3.63, 3.8) is 0 Å². The number of nitrogens with zero attached hydrogens (tertiary/aromatic N) is 4. The van der Waals surface area contributed by atoms with E-state index in [4.69, 9.17) is 4.74 Å². The van der Waals surface area contributed by atoms with Gasteiger partial charge < -0.3 is 10.1 Å². The highest BCUT2D eigenvalue weighted by atomic mass is 32.2. The van der Waals surface area contributed by atoms with Crippen molar-refractivity contribution in [3.8, 4) is 5.75 Å². The molecule has 1 amide bonds. The summed E-state index contributed by atoms with van der Waals surface area (Å²) in [7, 11) is 0. The maximum absolute atomic E-state index is 12.2. The molecule has 1 aromatic carbocycles. The van der Waals surface area contributed by atoms with Gasteiger partial charge in [0.15, 0.2) is 0 Å². The van der Waals surface area contributed by atoms with Crippen LogP contribution in [0.2, 0.25) is 0 Å². The minimum Gasteiger partial charge on any atom is -0.492 e. The standard InChI is InChI=1S/C16H21N5O2S/c1-11-4-3-5-14(10-11)23-9-8-17-15(22)12(2)24-16-18-19-20-21(16)13-6-7-13/h3-5,10,12-13H,6-9H2,1-2H3,(H,17,22). The van der Waals surface area contributed by atoms with E-state index in [0.29, 0.717) is 24.3 Å². The Kier molecular flexibility index (Phi) is 5.34. The summed E-state index contributed by atoms with van der Waals surface area (Å²) in [6, 6.07) is 8.25. The number of rotatable bonds is 8. The van der Waals surface area contributed by atoms with Crippen molar-refractivity contribution in [2.24, 2.45) is 0 Å².